The summed E-state index contributed by atoms with van der Waals surface area (Å²) in [6.45, 7) is 1.98. The number of hydrogen-bond acceptors (Lipinski definition) is 4. The number of carboxylic acid groups (broad SMARTS) is 1. The van der Waals surface area contributed by atoms with Crippen molar-refractivity contribution in [2.45, 2.75) is 6.92 Å². The average Bonchev–Trinajstić information content (AvgIpc) is 2.28. The van der Waals surface area contributed by atoms with E-state index >= 15 is 0 Å². The fraction of sp³-hybridized carbons (Fsp3) is 0.0833. The molecule has 2 N–H and O–H groups in total. The summed E-state index contributed by atoms with van der Waals surface area (Å²) in [5.41, 5.74) is 1.88. The normalized spacial score (nSPS) is 10.1. The minimum atomic E-state index is -1.09. The number of halogens is 1. The van der Waals surface area contributed by atoms with Gasteiger partial charge in [-0.1, -0.05) is 15.9 Å². The molecule has 1 heterocycles. The highest BCUT2D eigenvalue weighted by molar-refractivity contribution is 9.10. The maximum atomic E-state index is 10.6. The van der Waals surface area contributed by atoms with E-state index in [-0.39, 0.29) is 5.69 Å². The molecule has 0 aliphatic carbocycles. The second-order valence-corrected chi connectivity index (χ2v) is 4.67. The lowest BCUT2D eigenvalue weighted by Gasteiger charge is -2.06. The van der Waals surface area contributed by atoms with E-state index in [1.54, 1.807) is 6.07 Å². The quantitative estimate of drug-likeness (QED) is 0.911. The van der Waals surface area contributed by atoms with Crippen molar-refractivity contribution in [3.05, 3.63) is 46.1 Å². The Bertz CT molecular complexity index is 564. The first-order valence-electron chi connectivity index (χ1n) is 5.16. The van der Waals surface area contributed by atoms with Crippen molar-refractivity contribution in [1.82, 2.24) is 10.2 Å². The summed E-state index contributed by atoms with van der Waals surface area (Å²) in [5.74, 6) is -0.593. The van der Waals surface area contributed by atoms with Gasteiger partial charge in [0.15, 0.2) is 11.5 Å². The molecule has 0 bridgehead atoms. The second kappa shape index (κ2) is 5.14. The van der Waals surface area contributed by atoms with Crippen LogP contribution in [0.1, 0.15) is 16.1 Å². The summed E-state index contributed by atoms with van der Waals surface area (Å²) in [6, 6.07) is 8.83. The van der Waals surface area contributed by atoms with E-state index in [0.717, 1.165) is 15.7 Å². The molecule has 0 aliphatic rings. The van der Waals surface area contributed by atoms with Crippen molar-refractivity contribution in [2.24, 2.45) is 0 Å². The molecule has 2 aromatic rings. The van der Waals surface area contributed by atoms with Crippen LogP contribution in [0, 0.1) is 6.92 Å². The molecule has 6 heteroatoms. The first-order chi connectivity index (χ1) is 8.54. The highest BCUT2D eigenvalue weighted by Crippen LogP contribution is 2.21. The maximum absolute atomic E-state index is 10.6. The van der Waals surface area contributed by atoms with Gasteiger partial charge in [-0.25, -0.2) is 4.79 Å². The minimum Gasteiger partial charge on any atom is -0.476 e. The fourth-order valence-corrected chi connectivity index (χ4v) is 2.08. The third kappa shape index (κ3) is 3.04. The molecule has 1 aromatic carbocycles. The van der Waals surface area contributed by atoms with Crippen LogP contribution in [0.5, 0.6) is 0 Å². The summed E-state index contributed by atoms with van der Waals surface area (Å²) in [7, 11) is 0. The number of benzene rings is 1. The molecule has 0 saturated carbocycles. The van der Waals surface area contributed by atoms with Gasteiger partial charge >= 0.3 is 5.97 Å². The third-order valence-electron chi connectivity index (χ3n) is 2.20. The van der Waals surface area contributed by atoms with Crippen LogP contribution in [0.2, 0.25) is 0 Å². The van der Waals surface area contributed by atoms with E-state index in [4.69, 9.17) is 5.11 Å². The smallest absolute Gasteiger partial charge is 0.356 e. The number of aromatic nitrogens is 2. The zero-order valence-corrected chi connectivity index (χ0v) is 11.1. The van der Waals surface area contributed by atoms with Gasteiger partial charge in [-0.3, -0.25) is 0 Å². The summed E-state index contributed by atoms with van der Waals surface area (Å²) < 4.78 is 0.958. The molecule has 0 fully saturated rings. The van der Waals surface area contributed by atoms with Crippen molar-refractivity contribution in [3.63, 3.8) is 0 Å². The second-order valence-electron chi connectivity index (χ2n) is 3.75. The van der Waals surface area contributed by atoms with Gasteiger partial charge in [-0.15, -0.1) is 10.2 Å². The molecular weight excluding hydrogens is 298 g/mol. The van der Waals surface area contributed by atoms with Gasteiger partial charge in [-0.05, 0) is 42.8 Å². The summed E-state index contributed by atoms with van der Waals surface area (Å²) in [6.07, 6.45) is 0. The van der Waals surface area contributed by atoms with E-state index in [9.17, 15) is 4.79 Å². The van der Waals surface area contributed by atoms with Crippen LogP contribution in [-0.4, -0.2) is 21.3 Å². The zero-order valence-electron chi connectivity index (χ0n) is 9.51. The zero-order chi connectivity index (χ0) is 13.1. The molecule has 0 atom stereocenters. The Hall–Kier alpha value is -1.95. The van der Waals surface area contributed by atoms with Crippen LogP contribution < -0.4 is 5.32 Å². The lowest BCUT2D eigenvalue weighted by atomic mass is 10.2. The van der Waals surface area contributed by atoms with Gasteiger partial charge in [0.2, 0.25) is 0 Å². The standard InChI is InChI=1S/C12H10BrN3O2/c1-7-4-8(13)6-9(5-7)14-11-3-2-10(12(17)18)15-16-11/h2-6H,1H3,(H,14,16)(H,17,18). The Labute approximate surface area is 112 Å². The Morgan fingerprint density at radius 1 is 1.28 bits per heavy atom. The van der Waals surface area contributed by atoms with Crippen molar-refractivity contribution >= 4 is 33.4 Å². The predicted molar refractivity (Wildman–Crippen MR) is 71.2 cm³/mol. The average molecular weight is 308 g/mol. The van der Waals surface area contributed by atoms with Gasteiger partial charge in [0.05, 0.1) is 0 Å². The van der Waals surface area contributed by atoms with Gasteiger partial charge in [0.1, 0.15) is 0 Å². The molecule has 5 nitrogen and oxygen atoms in total. The Kier molecular flexibility index (Phi) is 3.57. The number of aryl methyl sites for hydroxylation is 1. The number of aromatic carboxylic acids is 1. The van der Waals surface area contributed by atoms with Crippen LogP contribution in [0.25, 0.3) is 0 Å². The van der Waals surface area contributed by atoms with E-state index in [1.165, 1.54) is 6.07 Å². The number of carbonyl (C=O) groups is 1. The molecule has 0 radical (unpaired) electrons. The lowest BCUT2D eigenvalue weighted by Crippen LogP contribution is -2.03. The van der Waals surface area contributed by atoms with Gasteiger partial charge < -0.3 is 10.4 Å². The van der Waals surface area contributed by atoms with Crippen LogP contribution >= 0.6 is 15.9 Å². The topological polar surface area (TPSA) is 75.1 Å². The Morgan fingerprint density at radius 2 is 2.06 bits per heavy atom. The van der Waals surface area contributed by atoms with Gasteiger partial charge in [0, 0.05) is 10.2 Å². The van der Waals surface area contributed by atoms with Crippen molar-refractivity contribution in [2.75, 3.05) is 5.32 Å². The van der Waals surface area contributed by atoms with E-state index < -0.39 is 5.97 Å². The number of nitrogens with one attached hydrogen (secondary N) is 1. The Balaban J connectivity index is 2.20. The largest absolute Gasteiger partial charge is 0.476 e. The Morgan fingerprint density at radius 3 is 2.61 bits per heavy atom. The first-order valence-corrected chi connectivity index (χ1v) is 5.95. The number of rotatable bonds is 3. The molecule has 1 aromatic heterocycles. The highest BCUT2D eigenvalue weighted by Gasteiger charge is 2.05. The summed E-state index contributed by atoms with van der Waals surface area (Å²) >= 11 is 3.40. The van der Waals surface area contributed by atoms with Crippen molar-refractivity contribution in [3.8, 4) is 0 Å². The molecule has 0 saturated heterocycles. The fourth-order valence-electron chi connectivity index (χ4n) is 1.47. The molecule has 18 heavy (non-hydrogen) atoms. The summed E-state index contributed by atoms with van der Waals surface area (Å²) in [5, 5.41) is 19.2. The summed E-state index contributed by atoms with van der Waals surface area (Å²) in [4.78, 5) is 10.6. The van der Waals surface area contributed by atoms with E-state index in [2.05, 4.69) is 31.4 Å². The van der Waals surface area contributed by atoms with E-state index in [1.807, 2.05) is 25.1 Å². The number of nitrogens with zero attached hydrogens (tertiary/aromatic N) is 2. The van der Waals surface area contributed by atoms with Crippen molar-refractivity contribution in [1.29, 1.82) is 0 Å². The monoisotopic (exact) mass is 307 g/mol. The molecule has 0 aliphatic heterocycles. The third-order valence-corrected chi connectivity index (χ3v) is 2.66. The van der Waals surface area contributed by atoms with Crippen LogP contribution in [0.4, 0.5) is 11.5 Å². The molecule has 2 rings (SSSR count). The molecule has 0 unspecified atom stereocenters. The number of anilines is 2. The highest BCUT2D eigenvalue weighted by atomic mass is 79.9. The van der Waals surface area contributed by atoms with Crippen LogP contribution in [0.3, 0.4) is 0 Å². The predicted octanol–water partition coefficient (Wildman–Crippen LogP) is 2.99. The minimum absolute atomic E-state index is 0.0778. The molecule has 0 spiro atoms. The lowest BCUT2D eigenvalue weighted by molar-refractivity contribution is 0.0689. The van der Waals surface area contributed by atoms with Crippen molar-refractivity contribution < 1.29 is 9.90 Å². The van der Waals surface area contributed by atoms with Gasteiger partial charge in [-0.2, -0.15) is 0 Å². The number of hydrogen-bond donors (Lipinski definition) is 2. The van der Waals surface area contributed by atoms with Crippen LogP contribution in [-0.2, 0) is 0 Å². The number of carboxylic acids is 1. The SMILES string of the molecule is Cc1cc(Br)cc(Nc2ccc(C(=O)O)nn2)c1. The first kappa shape index (κ1) is 12.5. The van der Waals surface area contributed by atoms with Crippen LogP contribution in [0.15, 0.2) is 34.8 Å². The molecular formula is C12H10BrN3O2. The molecule has 0 amide bonds. The maximum Gasteiger partial charge on any atom is 0.356 e. The van der Waals surface area contributed by atoms with Gasteiger partial charge in [0.25, 0.3) is 0 Å². The van der Waals surface area contributed by atoms with E-state index in [0.29, 0.717) is 5.82 Å². The molecule has 92 valence electrons.